The molecule has 0 saturated carbocycles. The van der Waals surface area contributed by atoms with E-state index < -0.39 is 13.7 Å². The van der Waals surface area contributed by atoms with Crippen LogP contribution < -0.4 is 0 Å². The van der Waals surface area contributed by atoms with Gasteiger partial charge >= 0.3 is 19.5 Å². The van der Waals surface area contributed by atoms with Gasteiger partial charge in [0.1, 0.15) is 12.7 Å². The largest absolute Gasteiger partial charge is 0.462 e. The molecule has 0 aromatic rings. The molecule has 0 fully saturated rings. The lowest BCUT2D eigenvalue weighted by Gasteiger charge is -2.22. The molecule has 0 rings (SSSR count). The molecule has 0 bridgehead atoms. The molecule has 0 aromatic carbocycles. The molecule has 9 heteroatoms. The number of rotatable bonds is 39. The van der Waals surface area contributed by atoms with Gasteiger partial charge < -0.3 is 24.2 Å². The number of hydrogen-bond acceptors (Lipinski definition) is 6. The Morgan fingerprint density at radius 2 is 0.962 bits per heavy atom. The van der Waals surface area contributed by atoms with Gasteiger partial charge in [0.05, 0.1) is 6.16 Å². The number of nitrogens with zero attached hydrogens (tertiary/aromatic N) is 1. The molecular formula is C43H82NO7P. The molecule has 306 valence electrons. The summed E-state index contributed by atoms with van der Waals surface area (Å²) in [4.78, 5) is 45.3. The number of ether oxygens (including phenoxy) is 2. The zero-order valence-electron chi connectivity index (χ0n) is 34.1. The van der Waals surface area contributed by atoms with Crippen molar-refractivity contribution in [3.63, 3.8) is 0 Å². The van der Waals surface area contributed by atoms with Crippen molar-refractivity contribution in [1.82, 2.24) is 4.90 Å². The lowest BCUT2D eigenvalue weighted by Crippen LogP contribution is -2.31. The third-order valence-electron chi connectivity index (χ3n) is 9.62. The fourth-order valence-electron chi connectivity index (χ4n) is 6.14. The van der Waals surface area contributed by atoms with E-state index in [-0.39, 0.29) is 31.3 Å². The quantitative estimate of drug-likeness (QED) is 0.0276. The molecule has 0 radical (unpaired) electrons. The van der Waals surface area contributed by atoms with Gasteiger partial charge in [-0.1, -0.05) is 141 Å². The van der Waals surface area contributed by atoms with Crippen LogP contribution in [-0.2, 0) is 23.6 Å². The molecule has 0 amide bonds. The number of esters is 2. The molecule has 0 aliphatic heterocycles. The van der Waals surface area contributed by atoms with Crippen LogP contribution in [-0.4, -0.2) is 65.6 Å². The number of hydrogen-bond donors (Lipinski definition) is 2. The second-order valence-corrected chi connectivity index (χ2v) is 16.7. The predicted molar refractivity (Wildman–Crippen MR) is 219 cm³/mol. The van der Waals surface area contributed by atoms with Gasteiger partial charge in [-0.05, 0) is 71.3 Å². The summed E-state index contributed by atoms with van der Waals surface area (Å²) in [7, 11) is -2.31. The SMILES string of the molecule is CCCCCCCC/C=C\CCCCCCCC(=O)OCC(CCN(C)CCP(=O)(O)O)OC(=O)CCCCCCC/C=C\CCCCCCCC. The Morgan fingerprint density at radius 1 is 0.577 bits per heavy atom. The molecular weight excluding hydrogens is 673 g/mol. The van der Waals surface area contributed by atoms with Crippen LogP contribution in [0.5, 0.6) is 0 Å². The Balaban J connectivity index is 4.23. The Labute approximate surface area is 320 Å². The molecule has 0 aromatic heterocycles. The lowest BCUT2D eigenvalue weighted by atomic mass is 10.1. The minimum atomic E-state index is -4.09. The number of carbonyl (C=O) groups is 2. The van der Waals surface area contributed by atoms with Crippen molar-refractivity contribution in [2.24, 2.45) is 0 Å². The number of carbonyl (C=O) groups excluding carboxylic acids is 2. The lowest BCUT2D eigenvalue weighted by molar-refractivity contribution is -0.159. The average molecular weight is 756 g/mol. The number of unbranched alkanes of at least 4 members (excludes halogenated alkanes) is 22. The van der Waals surface area contributed by atoms with Crippen molar-refractivity contribution < 1.29 is 33.4 Å². The van der Waals surface area contributed by atoms with Crippen molar-refractivity contribution >= 4 is 19.5 Å². The van der Waals surface area contributed by atoms with Gasteiger partial charge in [-0.15, -0.1) is 0 Å². The molecule has 52 heavy (non-hydrogen) atoms. The first-order chi connectivity index (χ1) is 25.2. The van der Waals surface area contributed by atoms with E-state index in [1.807, 2.05) is 0 Å². The van der Waals surface area contributed by atoms with Crippen LogP contribution >= 0.6 is 7.60 Å². The van der Waals surface area contributed by atoms with E-state index in [2.05, 4.69) is 38.2 Å². The van der Waals surface area contributed by atoms with Crippen molar-refractivity contribution in [2.75, 3.05) is 32.9 Å². The first kappa shape index (κ1) is 50.5. The highest BCUT2D eigenvalue weighted by Gasteiger charge is 2.19. The van der Waals surface area contributed by atoms with Gasteiger partial charge in [-0.3, -0.25) is 14.2 Å². The fraction of sp³-hybridized carbons (Fsp3) is 0.860. The van der Waals surface area contributed by atoms with Crippen LogP contribution in [0, 0.1) is 0 Å². The van der Waals surface area contributed by atoms with Gasteiger partial charge in [0.25, 0.3) is 0 Å². The Kier molecular flexibility index (Phi) is 36.8. The predicted octanol–water partition coefficient (Wildman–Crippen LogP) is 12.0. The van der Waals surface area contributed by atoms with Crippen LogP contribution in [0.3, 0.4) is 0 Å². The maximum atomic E-state index is 12.7. The normalized spacial score (nSPS) is 12.7. The summed E-state index contributed by atoms with van der Waals surface area (Å²) in [5.74, 6) is -0.556. The highest BCUT2D eigenvalue weighted by molar-refractivity contribution is 7.51. The topological polar surface area (TPSA) is 113 Å². The van der Waals surface area contributed by atoms with Gasteiger partial charge in [0.15, 0.2) is 0 Å². The van der Waals surface area contributed by atoms with E-state index in [4.69, 9.17) is 9.47 Å². The van der Waals surface area contributed by atoms with Gasteiger partial charge in [0.2, 0.25) is 0 Å². The number of allylic oxidation sites excluding steroid dienone is 4. The van der Waals surface area contributed by atoms with Gasteiger partial charge in [-0.25, -0.2) is 0 Å². The van der Waals surface area contributed by atoms with E-state index >= 15 is 0 Å². The van der Waals surface area contributed by atoms with E-state index in [0.717, 1.165) is 57.8 Å². The second-order valence-electron chi connectivity index (χ2n) is 14.9. The van der Waals surface area contributed by atoms with Crippen LogP contribution in [0.15, 0.2) is 24.3 Å². The van der Waals surface area contributed by atoms with Crippen LogP contribution in [0.2, 0.25) is 0 Å². The van der Waals surface area contributed by atoms with E-state index in [9.17, 15) is 23.9 Å². The molecule has 0 aliphatic carbocycles. The first-order valence-corrected chi connectivity index (χ1v) is 23.4. The summed E-state index contributed by atoms with van der Waals surface area (Å²) in [6.07, 6.45) is 40.8. The minimum Gasteiger partial charge on any atom is -0.462 e. The third kappa shape index (κ3) is 39.7. The highest BCUT2D eigenvalue weighted by Crippen LogP contribution is 2.33. The van der Waals surface area contributed by atoms with E-state index in [1.165, 1.54) is 109 Å². The molecule has 2 N–H and O–H groups in total. The summed E-state index contributed by atoms with van der Waals surface area (Å²) in [6, 6.07) is 0. The van der Waals surface area contributed by atoms with Crippen LogP contribution in [0.4, 0.5) is 0 Å². The monoisotopic (exact) mass is 756 g/mol. The molecule has 8 nitrogen and oxygen atoms in total. The molecule has 0 aliphatic rings. The Hall–Kier alpha value is -1.47. The van der Waals surface area contributed by atoms with E-state index in [1.54, 1.807) is 11.9 Å². The van der Waals surface area contributed by atoms with Gasteiger partial charge in [-0.2, -0.15) is 0 Å². The van der Waals surface area contributed by atoms with Crippen LogP contribution in [0.25, 0.3) is 0 Å². The smallest absolute Gasteiger partial charge is 0.326 e. The second kappa shape index (κ2) is 37.8. The molecule has 0 saturated heterocycles. The van der Waals surface area contributed by atoms with Crippen molar-refractivity contribution in [2.45, 2.75) is 206 Å². The van der Waals surface area contributed by atoms with Gasteiger partial charge in [0, 0.05) is 32.4 Å². The Morgan fingerprint density at radius 3 is 1.38 bits per heavy atom. The van der Waals surface area contributed by atoms with E-state index in [0.29, 0.717) is 25.8 Å². The first-order valence-electron chi connectivity index (χ1n) is 21.6. The summed E-state index contributed by atoms with van der Waals surface area (Å²) in [6.45, 7) is 5.22. The zero-order valence-corrected chi connectivity index (χ0v) is 34.9. The van der Waals surface area contributed by atoms with Crippen molar-refractivity contribution in [1.29, 1.82) is 0 Å². The zero-order chi connectivity index (χ0) is 38.4. The van der Waals surface area contributed by atoms with Crippen molar-refractivity contribution in [3.05, 3.63) is 24.3 Å². The summed E-state index contributed by atoms with van der Waals surface area (Å²) in [5.41, 5.74) is 0. The highest BCUT2D eigenvalue weighted by atomic mass is 31.2. The standard InChI is InChI=1S/C43H82NO7P/c1-4-6-8-10-12-14-16-18-20-22-24-26-28-30-32-34-42(45)50-40-41(36-37-44(3)38-39-52(47,48)49)51-43(46)35-33-31-29-27-25-23-21-19-17-15-13-11-9-7-5-2/h18-21,41H,4-17,22-40H2,1-3H3,(H2,47,48,49)/b20-18-,21-19-. The molecule has 0 heterocycles. The molecule has 1 unspecified atom stereocenters. The van der Waals surface area contributed by atoms with Crippen molar-refractivity contribution in [3.8, 4) is 0 Å². The summed E-state index contributed by atoms with van der Waals surface area (Å²) >= 11 is 0. The fourth-order valence-corrected chi connectivity index (χ4v) is 6.74. The minimum absolute atomic E-state index is 0.00829. The summed E-state index contributed by atoms with van der Waals surface area (Å²) in [5, 5.41) is 0. The van der Waals surface area contributed by atoms with Crippen LogP contribution in [0.1, 0.15) is 200 Å². The molecule has 1 atom stereocenters. The third-order valence-corrected chi connectivity index (χ3v) is 10.4. The maximum Gasteiger partial charge on any atom is 0.326 e. The average Bonchev–Trinajstić information content (AvgIpc) is 3.11. The molecule has 0 spiro atoms. The Bertz CT molecular complexity index is 919. The maximum absolute atomic E-state index is 12.7. The summed E-state index contributed by atoms with van der Waals surface area (Å²) < 4.78 is 22.5.